The van der Waals surface area contributed by atoms with Gasteiger partial charge in [-0.25, -0.2) is 8.78 Å². The van der Waals surface area contributed by atoms with E-state index in [1.165, 1.54) is 44.2 Å². The second kappa shape index (κ2) is 12.4. The molecule has 0 radical (unpaired) electrons. The minimum absolute atomic E-state index is 0.0958. The van der Waals surface area contributed by atoms with Gasteiger partial charge in [-0.1, -0.05) is 51.5 Å². The standard InChI is InChI=1S/C22H36F2O2/c1-5-8-9-10-11-12-13-19(22(4,25-6-2)26-7-3)16-18-14-15-20(23)21(24)17-18/h14-15,17,19H,5-13,16H2,1-4H3. The second-order valence-corrected chi connectivity index (χ2v) is 7.09. The van der Waals surface area contributed by atoms with E-state index in [0.717, 1.165) is 18.4 Å². The Bertz CT molecular complexity index is 499. The average molecular weight is 371 g/mol. The summed E-state index contributed by atoms with van der Waals surface area (Å²) in [6, 6.07) is 4.15. The van der Waals surface area contributed by atoms with Gasteiger partial charge in [-0.2, -0.15) is 0 Å². The molecule has 0 spiro atoms. The molecule has 1 aromatic rings. The third-order valence-electron chi connectivity index (χ3n) is 4.98. The summed E-state index contributed by atoms with van der Waals surface area (Å²) in [5.74, 6) is -2.22. The Morgan fingerprint density at radius 1 is 0.885 bits per heavy atom. The molecular formula is C22H36F2O2. The maximum Gasteiger partial charge on any atom is 0.168 e. The van der Waals surface area contributed by atoms with Crippen molar-refractivity contribution in [3.05, 3.63) is 35.4 Å². The highest BCUT2D eigenvalue weighted by Crippen LogP contribution is 2.32. The SMILES string of the molecule is CCCCCCCCC(Cc1ccc(F)c(F)c1)C(C)(OCC)OCC. The minimum atomic E-state index is -0.807. The van der Waals surface area contributed by atoms with Crippen LogP contribution in [-0.2, 0) is 15.9 Å². The van der Waals surface area contributed by atoms with Crippen LogP contribution in [0.5, 0.6) is 0 Å². The Kier molecular flexibility index (Phi) is 11.0. The molecule has 0 amide bonds. The van der Waals surface area contributed by atoms with Crippen LogP contribution in [-0.4, -0.2) is 19.0 Å². The lowest BCUT2D eigenvalue weighted by molar-refractivity contribution is -0.253. The van der Waals surface area contributed by atoms with Gasteiger partial charge in [0.1, 0.15) is 0 Å². The van der Waals surface area contributed by atoms with E-state index in [-0.39, 0.29) is 5.92 Å². The summed E-state index contributed by atoms with van der Waals surface area (Å²) in [6.07, 6.45) is 8.88. The summed E-state index contributed by atoms with van der Waals surface area (Å²) in [7, 11) is 0. The molecule has 26 heavy (non-hydrogen) atoms. The van der Waals surface area contributed by atoms with Crippen molar-refractivity contribution in [3.63, 3.8) is 0 Å². The molecule has 0 aromatic heterocycles. The normalized spacial score (nSPS) is 13.2. The van der Waals surface area contributed by atoms with E-state index in [9.17, 15) is 8.78 Å². The first-order valence-electron chi connectivity index (χ1n) is 10.2. The van der Waals surface area contributed by atoms with Crippen LogP contribution in [0.1, 0.15) is 78.2 Å². The number of hydrogen-bond donors (Lipinski definition) is 0. The number of rotatable bonds is 14. The molecule has 0 heterocycles. The zero-order valence-corrected chi connectivity index (χ0v) is 17.0. The van der Waals surface area contributed by atoms with Crippen LogP contribution in [0.15, 0.2) is 18.2 Å². The average Bonchev–Trinajstić information content (AvgIpc) is 2.60. The van der Waals surface area contributed by atoms with Crippen LogP contribution in [0.4, 0.5) is 8.78 Å². The topological polar surface area (TPSA) is 18.5 Å². The zero-order chi connectivity index (χ0) is 19.4. The van der Waals surface area contributed by atoms with Crippen molar-refractivity contribution in [2.75, 3.05) is 13.2 Å². The highest BCUT2D eigenvalue weighted by atomic mass is 19.2. The number of unbranched alkanes of at least 4 members (excludes halogenated alkanes) is 5. The van der Waals surface area contributed by atoms with Gasteiger partial charge < -0.3 is 9.47 Å². The molecule has 0 aliphatic rings. The molecule has 0 N–H and O–H groups in total. The van der Waals surface area contributed by atoms with Crippen molar-refractivity contribution < 1.29 is 18.3 Å². The lowest BCUT2D eigenvalue weighted by atomic mass is 9.86. The first kappa shape index (κ1) is 23.0. The minimum Gasteiger partial charge on any atom is -0.350 e. The molecule has 0 aliphatic heterocycles. The van der Waals surface area contributed by atoms with Gasteiger partial charge >= 0.3 is 0 Å². The van der Waals surface area contributed by atoms with Crippen molar-refractivity contribution in [2.24, 2.45) is 5.92 Å². The highest BCUT2D eigenvalue weighted by Gasteiger charge is 2.35. The van der Waals surface area contributed by atoms with Gasteiger partial charge in [0.05, 0.1) is 0 Å². The van der Waals surface area contributed by atoms with Gasteiger partial charge in [0.15, 0.2) is 17.4 Å². The monoisotopic (exact) mass is 370 g/mol. The fourth-order valence-electron chi connectivity index (χ4n) is 3.52. The smallest absolute Gasteiger partial charge is 0.168 e. The Balaban J connectivity index is 2.80. The molecule has 150 valence electrons. The largest absolute Gasteiger partial charge is 0.350 e. The summed E-state index contributed by atoms with van der Waals surface area (Å²) in [4.78, 5) is 0. The molecule has 0 fully saturated rings. The van der Waals surface area contributed by atoms with Gasteiger partial charge in [-0.15, -0.1) is 0 Å². The summed E-state index contributed by atoms with van der Waals surface area (Å²) in [6.45, 7) is 9.21. The van der Waals surface area contributed by atoms with Crippen LogP contribution in [0.2, 0.25) is 0 Å². The van der Waals surface area contributed by atoms with E-state index < -0.39 is 17.4 Å². The molecule has 0 saturated heterocycles. The van der Waals surface area contributed by atoms with Crippen LogP contribution < -0.4 is 0 Å². The van der Waals surface area contributed by atoms with Crippen molar-refractivity contribution in [1.29, 1.82) is 0 Å². The Morgan fingerprint density at radius 2 is 1.50 bits per heavy atom. The molecule has 1 atom stereocenters. The Labute approximate surface area is 158 Å². The molecule has 0 bridgehead atoms. The lowest BCUT2D eigenvalue weighted by Gasteiger charge is -2.37. The van der Waals surface area contributed by atoms with Gasteiger partial charge in [0.2, 0.25) is 0 Å². The van der Waals surface area contributed by atoms with Gasteiger partial charge in [-0.05, 0) is 51.3 Å². The van der Waals surface area contributed by atoms with Crippen LogP contribution in [0.3, 0.4) is 0 Å². The van der Waals surface area contributed by atoms with Gasteiger partial charge in [0, 0.05) is 19.1 Å². The quantitative estimate of drug-likeness (QED) is 0.269. The van der Waals surface area contributed by atoms with Crippen LogP contribution in [0, 0.1) is 17.6 Å². The predicted molar refractivity (Wildman–Crippen MR) is 103 cm³/mol. The van der Waals surface area contributed by atoms with Crippen LogP contribution in [0.25, 0.3) is 0 Å². The molecule has 0 aliphatic carbocycles. The third-order valence-corrected chi connectivity index (χ3v) is 4.98. The lowest BCUT2D eigenvalue weighted by Crippen LogP contribution is -2.42. The van der Waals surface area contributed by atoms with Crippen molar-refractivity contribution >= 4 is 0 Å². The molecule has 1 unspecified atom stereocenters. The van der Waals surface area contributed by atoms with E-state index in [1.807, 2.05) is 20.8 Å². The summed E-state index contributed by atoms with van der Waals surface area (Å²) in [5.41, 5.74) is 0.783. The van der Waals surface area contributed by atoms with Crippen molar-refractivity contribution in [2.45, 2.75) is 84.8 Å². The molecule has 1 rings (SSSR count). The van der Waals surface area contributed by atoms with E-state index >= 15 is 0 Å². The molecule has 0 saturated carbocycles. The maximum absolute atomic E-state index is 13.6. The Hall–Kier alpha value is -1.00. The molecule has 4 heteroatoms. The predicted octanol–water partition coefficient (Wildman–Crippen LogP) is 6.66. The first-order valence-corrected chi connectivity index (χ1v) is 10.2. The number of hydrogen-bond acceptors (Lipinski definition) is 2. The second-order valence-electron chi connectivity index (χ2n) is 7.09. The van der Waals surface area contributed by atoms with Gasteiger partial charge in [-0.3, -0.25) is 0 Å². The van der Waals surface area contributed by atoms with E-state index in [0.29, 0.717) is 19.6 Å². The number of ether oxygens (including phenoxy) is 2. The van der Waals surface area contributed by atoms with E-state index in [4.69, 9.17) is 9.47 Å². The maximum atomic E-state index is 13.6. The van der Waals surface area contributed by atoms with Gasteiger partial charge in [0.25, 0.3) is 0 Å². The molecule has 2 nitrogen and oxygen atoms in total. The van der Waals surface area contributed by atoms with E-state index in [1.54, 1.807) is 6.07 Å². The Morgan fingerprint density at radius 3 is 2.08 bits per heavy atom. The fraction of sp³-hybridized carbons (Fsp3) is 0.727. The molecule has 1 aromatic carbocycles. The molecular weight excluding hydrogens is 334 g/mol. The summed E-state index contributed by atoms with van der Waals surface area (Å²) >= 11 is 0. The van der Waals surface area contributed by atoms with E-state index in [2.05, 4.69) is 6.92 Å². The van der Waals surface area contributed by atoms with Crippen molar-refractivity contribution in [3.8, 4) is 0 Å². The summed E-state index contributed by atoms with van der Waals surface area (Å²) < 4.78 is 38.8. The third kappa shape index (κ3) is 7.71. The fourth-order valence-corrected chi connectivity index (χ4v) is 3.52. The number of benzene rings is 1. The number of halogens is 2. The first-order chi connectivity index (χ1) is 12.5. The highest BCUT2D eigenvalue weighted by molar-refractivity contribution is 5.18. The zero-order valence-electron chi connectivity index (χ0n) is 17.0. The van der Waals surface area contributed by atoms with Crippen molar-refractivity contribution in [1.82, 2.24) is 0 Å². The van der Waals surface area contributed by atoms with Crippen LogP contribution >= 0.6 is 0 Å². The summed E-state index contributed by atoms with van der Waals surface area (Å²) in [5, 5.41) is 0.